The van der Waals surface area contributed by atoms with Gasteiger partial charge in [0.2, 0.25) is 7.57 Å². The van der Waals surface area contributed by atoms with Crippen molar-refractivity contribution in [3.8, 4) is 0 Å². The molecule has 7 nitrogen and oxygen atoms in total. The van der Waals surface area contributed by atoms with Crippen LogP contribution in [0.1, 0.15) is 18.5 Å². The second-order valence-corrected chi connectivity index (χ2v) is 6.20. The standard InChI is InChI=1S/C12H22N3O4P/c1-13-11(7-10-8-14-9-15(10)2)12(16)5-4-6-19-20(3,17)18/h8-9,11,13,17-18H,3-7H2,1-2H3. The van der Waals surface area contributed by atoms with Gasteiger partial charge < -0.3 is 24.2 Å². The van der Waals surface area contributed by atoms with E-state index >= 15 is 0 Å². The molecular formula is C12H22N3O4P. The Morgan fingerprint density at radius 1 is 1.65 bits per heavy atom. The minimum Gasteiger partial charge on any atom is -0.338 e. The third kappa shape index (κ3) is 5.98. The van der Waals surface area contributed by atoms with Crippen LogP contribution in [0, 0.1) is 0 Å². The van der Waals surface area contributed by atoms with E-state index < -0.39 is 7.57 Å². The van der Waals surface area contributed by atoms with Gasteiger partial charge in [0.25, 0.3) is 0 Å². The van der Waals surface area contributed by atoms with E-state index in [-0.39, 0.29) is 18.4 Å². The van der Waals surface area contributed by atoms with Crippen molar-refractivity contribution < 1.29 is 19.1 Å². The average molecular weight is 303 g/mol. The summed E-state index contributed by atoms with van der Waals surface area (Å²) < 4.78 is 6.62. The van der Waals surface area contributed by atoms with Crippen LogP contribution in [0.2, 0.25) is 0 Å². The van der Waals surface area contributed by atoms with Crippen LogP contribution in [0.15, 0.2) is 12.5 Å². The third-order valence-electron chi connectivity index (χ3n) is 2.93. The fourth-order valence-electron chi connectivity index (χ4n) is 1.80. The summed E-state index contributed by atoms with van der Waals surface area (Å²) in [5.41, 5.74) is 0.974. The first-order valence-electron chi connectivity index (χ1n) is 6.32. The van der Waals surface area contributed by atoms with Crippen LogP contribution in [0.3, 0.4) is 0 Å². The number of carbonyl (C=O) groups is 1. The van der Waals surface area contributed by atoms with Gasteiger partial charge in [-0.15, -0.1) is 0 Å². The van der Waals surface area contributed by atoms with Crippen molar-refractivity contribution in [2.24, 2.45) is 7.05 Å². The van der Waals surface area contributed by atoms with Crippen molar-refractivity contribution in [3.05, 3.63) is 18.2 Å². The molecule has 1 atom stereocenters. The first-order valence-corrected chi connectivity index (χ1v) is 8.12. The highest BCUT2D eigenvalue weighted by Crippen LogP contribution is 2.35. The van der Waals surface area contributed by atoms with Crippen LogP contribution in [-0.2, 0) is 22.8 Å². The molecule has 0 aromatic carbocycles. The molecule has 1 aromatic heterocycles. The molecule has 8 heteroatoms. The molecule has 1 unspecified atom stereocenters. The molecule has 0 saturated carbocycles. The number of Topliss-reactive ketones (excluding diaryl/α,β-unsaturated/α-hetero) is 1. The molecule has 0 aliphatic carbocycles. The van der Waals surface area contributed by atoms with E-state index in [1.54, 1.807) is 19.6 Å². The molecule has 1 heterocycles. The number of nitrogens with one attached hydrogen (secondary N) is 1. The minimum absolute atomic E-state index is 0.0566. The molecule has 0 aliphatic rings. The molecular weight excluding hydrogens is 281 g/mol. The van der Waals surface area contributed by atoms with Gasteiger partial charge in [-0.05, 0) is 19.8 Å². The molecule has 1 aromatic rings. The Kier molecular flexibility index (Phi) is 6.58. The molecule has 0 bridgehead atoms. The molecule has 114 valence electrons. The zero-order valence-electron chi connectivity index (χ0n) is 11.8. The average Bonchev–Trinajstić information content (AvgIpc) is 2.76. The van der Waals surface area contributed by atoms with Crippen molar-refractivity contribution in [2.45, 2.75) is 25.3 Å². The third-order valence-corrected chi connectivity index (χ3v) is 3.53. The summed E-state index contributed by atoms with van der Waals surface area (Å²) in [4.78, 5) is 34.0. The molecule has 3 N–H and O–H groups in total. The van der Waals surface area contributed by atoms with Crippen LogP contribution in [0.4, 0.5) is 0 Å². The molecule has 0 amide bonds. The van der Waals surface area contributed by atoms with Gasteiger partial charge in [0.15, 0.2) is 0 Å². The van der Waals surface area contributed by atoms with Crippen molar-refractivity contribution >= 4 is 19.6 Å². The number of ketones is 1. The molecule has 0 fully saturated rings. The van der Waals surface area contributed by atoms with E-state index in [0.29, 0.717) is 19.3 Å². The fourth-order valence-corrected chi connectivity index (χ4v) is 2.22. The van der Waals surface area contributed by atoms with Gasteiger partial charge >= 0.3 is 0 Å². The zero-order valence-corrected chi connectivity index (χ0v) is 12.7. The number of likely N-dealkylation sites (N-methyl/N-ethyl adjacent to an activating group) is 1. The monoisotopic (exact) mass is 303 g/mol. The number of aryl methyl sites for hydroxylation is 1. The SMILES string of the molecule is C=P(O)(O)OCCCC(=O)C(Cc1cncn1C)NC. The van der Waals surface area contributed by atoms with Gasteiger partial charge in [-0.25, -0.2) is 4.98 Å². The lowest BCUT2D eigenvalue weighted by Gasteiger charge is -2.15. The summed E-state index contributed by atoms with van der Waals surface area (Å²) in [5, 5.41) is 2.99. The van der Waals surface area contributed by atoms with E-state index in [1.165, 1.54) is 0 Å². The Labute approximate surface area is 118 Å². The maximum absolute atomic E-state index is 12.1. The highest BCUT2D eigenvalue weighted by Gasteiger charge is 2.18. The maximum Gasteiger partial charge on any atom is 0.245 e. The second kappa shape index (κ2) is 7.71. The van der Waals surface area contributed by atoms with Gasteiger partial charge in [0.05, 0.1) is 19.0 Å². The number of nitrogens with zero attached hydrogens (tertiary/aromatic N) is 2. The van der Waals surface area contributed by atoms with E-state index in [9.17, 15) is 4.79 Å². The molecule has 0 radical (unpaired) electrons. The summed E-state index contributed by atoms with van der Waals surface area (Å²) >= 11 is 0. The highest BCUT2D eigenvalue weighted by atomic mass is 31.2. The molecule has 20 heavy (non-hydrogen) atoms. The number of carbonyl (C=O) groups excluding carboxylic acids is 1. The quantitative estimate of drug-likeness (QED) is 0.442. The lowest BCUT2D eigenvalue weighted by Crippen LogP contribution is -2.36. The van der Waals surface area contributed by atoms with Gasteiger partial charge in [-0.2, -0.15) is 0 Å². The topological polar surface area (TPSA) is 96.6 Å². The number of hydrogen-bond acceptors (Lipinski definition) is 6. The minimum atomic E-state index is -3.45. The Morgan fingerprint density at radius 2 is 2.35 bits per heavy atom. The van der Waals surface area contributed by atoms with Gasteiger partial charge in [-0.3, -0.25) is 4.79 Å². The van der Waals surface area contributed by atoms with Crippen LogP contribution >= 0.6 is 7.57 Å². The molecule has 0 aliphatic heterocycles. The predicted octanol–water partition coefficient (Wildman–Crippen LogP) is 0.0957. The Balaban J connectivity index is 2.40. The smallest absolute Gasteiger partial charge is 0.245 e. The molecule has 0 saturated heterocycles. The van der Waals surface area contributed by atoms with Crippen molar-refractivity contribution in [3.63, 3.8) is 0 Å². The van der Waals surface area contributed by atoms with Gasteiger partial charge in [0.1, 0.15) is 5.78 Å². The van der Waals surface area contributed by atoms with Crippen LogP contribution in [0.5, 0.6) is 0 Å². The summed E-state index contributed by atoms with van der Waals surface area (Å²) in [6.45, 7) is 0.109. The van der Waals surface area contributed by atoms with E-state index in [1.807, 2.05) is 11.6 Å². The molecule has 1 rings (SSSR count). The van der Waals surface area contributed by atoms with Crippen molar-refractivity contribution in [1.82, 2.24) is 14.9 Å². The Bertz CT molecular complexity index is 483. The van der Waals surface area contributed by atoms with Crippen molar-refractivity contribution in [1.29, 1.82) is 0 Å². The lowest BCUT2D eigenvalue weighted by molar-refractivity contribution is -0.121. The largest absolute Gasteiger partial charge is 0.338 e. The summed E-state index contributed by atoms with van der Waals surface area (Å²) in [7, 11) is 0.174. The van der Waals surface area contributed by atoms with E-state index in [0.717, 1.165) is 5.69 Å². The normalized spacial score (nSPS) is 13.4. The zero-order chi connectivity index (χ0) is 15.2. The highest BCUT2D eigenvalue weighted by molar-refractivity contribution is 7.57. The predicted molar refractivity (Wildman–Crippen MR) is 78.4 cm³/mol. The fraction of sp³-hybridized carbons (Fsp3) is 0.583. The summed E-state index contributed by atoms with van der Waals surface area (Å²) in [5.74, 6) is 0.0566. The van der Waals surface area contributed by atoms with Crippen molar-refractivity contribution in [2.75, 3.05) is 13.7 Å². The number of rotatable bonds is 9. The number of aromatic nitrogens is 2. The van der Waals surface area contributed by atoms with Crippen LogP contribution < -0.4 is 5.32 Å². The summed E-state index contributed by atoms with van der Waals surface area (Å²) in [6, 6.07) is -0.284. The number of imidazole rings is 1. The van der Waals surface area contributed by atoms with E-state index in [2.05, 4.69) is 16.6 Å². The van der Waals surface area contributed by atoms with Crippen LogP contribution in [0.25, 0.3) is 0 Å². The second-order valence-electron chi connectivity index (χ2n) is 4.61. The molecule has 0 spiro atoms. The Hall–Kier alpha value is -0.980. The van der Waals surface area contributed by atoms with E-state index in [4.69, 9.17) is 14.3 Å². The first kappa shape index (κ1) is 17.1. The lowest BCUT2D eigenvalue weighted by atomic mass is 10.0. The summed E-state index contributed by atoms with van der Waals surface area (Å²) in [6.07, 6.45) is 7.83. The first-order chi connectivity index (χ1) is 9.33. The van der Waals surface area contributed by atoms with Gasteiger partial charge in [-0.1, -0.05) is 0 Å². The Morgan fingerprint density at radius 3 is 2.85 bits per heavy atom. The maximum atomic E-state index is 12.1. The van der Waals surface area contributed by atoms with Gasteiger partial charge in [0, 0.05) is 31.8 Å². The number of hydrogen-bond donors (Lipinski definition) is 3. The van der Waals surface area contributed by atoms with Crippen LogP contribution in [-0.4, -0.2) is 51.1 Å².